The summed E-state index contributed by atoms with van der Waals surface area (Å²) in [6, 6.07) is 9.47. The third-order valence-corrected chi connectivity index (χ3v) is 5.50. The first-order chi connectivity index (χ1) is 14.6. The normalized spacial score (nSPS) is 18.1. The van der Waals surface area contributed by atoms with E-state index >= 15 is 0 Å². The van der Waals surface area contributed by atoms with Gasteiger partial charge in [-0.15, -0.1) is 0 Å². The number of rotatable bonds is 6. The molecule has 7 nitrogen and oxygen atoms in total. The lowest BCUT2D eigenvalue weighted by Crippen LogP contribution is -2.35. The van der Waals surface area contributed by atoms with Crippen LogP contribution in [0.25, 0.3) is 5.76 Å². The molecule has 164 valence electrons. The number of phenolic OH excluding ortho intramolecular Hbond substituents is 1. The van der Waals surface area contributed by atoms with Gasteiger partial charge in [-0.05, 0) is 57.3 Å². The number of Topliss-reactive ketones (excluding diaryl/α,β-unsaturated/α-hetero) is 1. The zero-order valence-corrected chi connectivity index (χ0v) is 18.5. The van der Waals surface area contributed by atoms with Crippen molar-refractivity contribution >= 4 is 17.4 Å². The van der Waals surface area contributed by atoms with Crippen molar-refractivity contribution in [3.63, 3.8) is 0 Å². The standard InChI is InChI=1S/C24H28N2O5/c1-14-6-7-15(2)17(12-14)22(28)20-21(16-8-9-18(27)19(13-16)31-5)26(11-10-25(3)4)24(30)23(20)29/h6-9,12-13,21,27-28H,10-11H2,1-5H3/b22-20+/t21-/m1/s1. The predicted octanol–water partition coefficient (Wildman–Crippen LogP) is 3.00. The van der Waals surface area contributed by atoms with Crippen molar-refractivity contribution < 1.29 is 24.5 Å². The molecule has 2 N–H and O–H groups in total. The second kappa shape index (κ2) is 8.81. The molecule has 1 aliphatic rings. The highest BCUT2D eigenvalue weighted by Crippen LogP contribution is 2.42. The number of carbonyl (C=O) groups excluding carboxylic acids is 2. The molecule has 0 radical (unpaired) electrons. The lowest BCUT2D eigenvalue weighted by atomic mass is 9.93. The van der Waals surface area contributed by atoms with E-state index in [0.717, 1.165) is 11.1 Å². The van der Waals surface area contributed by atoms with Crippen LogP contribution in [-0.2, 0) is 9.59 Å². The number of aryl methyl sites for hydroxylation is 2. The van der Waals surface area contributed by atoms with E-state index in [1.165, 1.54) is 18.1 Å². The van der Waals surface area contributed by atoms with Crippen LogP contribution in [0.2, 0.25) is 0 Å². The summed E-state index contributed by atoms with van der Waals surface area (Å²) in [7, 11) is 5.19. The fourth-order valence-electron chi connectivity index (χ4n) is 3.77. The minimum absolute atomic E-state index is 0.0326. The van der Waals surface area contributed by atoms with Crippen molar-refractivity contribution in [2.45, 2.75) is 19.9 Å². The highest BCUT2D eigenvalue weighted by molar-refractivity contribution is 6.46. The summed E-state index contributed by atoms with van der Waals surface area (Å²) in [5.74, 6) is -1.42. The van der Waals surface area contributed by atoms with Crippen molar-refractivity contribution in [3.05, 3.63) is 64.2 Å². The van der Waals surface area contributed by atoms with Crippen LogP contribution in [0.3, 0.4) is 0 Å². The number of likely N-dealkylation sites (tertiary alicyclic amines) is 1. The molecule has 1 amide bonds. The van der Waals surface area contributed by atoms with E-state index in [9.17, 15) is 19.8 Å². The van der Waals surface area contributed by atoms with Crippen LogP contribution in [0.4, 0.5) is 0 Å². The van der Waals surface area contributed by atoms with Gasteiger partial charge in [-0.2, -0.15) is 0 Å². The number of ether oxygens (including phenoxy) is 1. The van der Waals surface area contributed by atoms with Gasteiger partial charge in [0, 0.05) is 18.7 Å². The fourth-order valence-corrected chi connectivity index (χ4v) is 3.77. The average molecular weight is 424 g/mol. The smallest absolute Gasteiger partial charge is 0.295 e. The number of methoxy groups -OCH3 is 1. The molecule has 1 fully saturated rings. The number of nitrogens with zero attached hydrogens (tertiary/aromatic N) is 2. The first-order valence-corrected chi connectivity index (χ1v) is 10.0. The minimum atomic E-state index is -0.797. The summed E-state index contributed by atoms with van der Waals surface area (Å²) in [5, 5.41) is 21.2. The molecule has 0 unspecified atom stereocenters. The average Bonchev–Trinajstić information content (AvgIpc) is 2.98. The SMILES string of the molecule is COc1cc([C@@H]2/C(=C(\O)c3cc(C)ccc3C)C(=O)C(=O)N2CCN(C)C)ccc1O. The fraction of sp³-hybridized carbons (Fsp3) is 0.333. The van der Waals surface area contributed by atoms with E-state index < -0.39 is 17.7 Å². The largest absolute Gasteiger partial charge is 0.507 e. The number of hydrogen-bond acceptors (Lipinski definition) is 6. The number of carbonyl (C=O) groups is 2. The van der Waals surface area contributed by atoms with Gasteiger partial charge in [-0.25, -0.2) is 0 Å². The highest BCUT2D eigenvalue weighted by Gasteiger charge is 2.46. The van der Waals surface area contributed by atoms with Gasteiger partial charge < -0.3 is 24.7 Å². The molecule has 1 saturated heterocycles. The summed E-state index contributed by atoms with van der Waals surface area (Å²) in [6.07, 6.45) is 0. The van der Waals surface area contributed by atoms with Gasteiger partial charge in [-0.1, -0.05) is 23.8 Å². The van der Waals surface area contributed by atoms with Gasteiger partial charge in [0.1, 0.15) is 5.76 Å². The number of amides is 1. The van der Waals surface area contributed by atoms with E-state index in [-0.39, 0.29) is 22.8 Å². The number of ketones is 1. The summed E-state index contributed by atoms with van der Waals surface area (Å²) in [4.78, 5) is 29.4. The van der Waals surface area contributed by atoms with Crippen LogP contribution < -0.4 is 4.74 Å². The van der Waals surface area contributed by atoms with Crippen molar-refractivity contribution in [2.75, 3.05) is 34.3 Å². The number of likely N-dealkylation sites (N-methyl/N-ethyl adjacent to an activating group) is 1. The van der Waals surface area contributed by atoms with Crippen LogP contribution in [0, 0.1) is 13.8 Å². The zero-order valence-electron chi connectivity index (χ0n) is 18.5. The monoisotopic (exact) mass is 424 g/mol. The molecule has 0 saturated carbocycles. The Kier molecular flexibility index (Phi) is 6.36. The molecular weight excluding hydrogens is 396 g/mol. The Morgan fingerprint density at radius 2 is 1.84 bits per heavy atom. The summed E-state index contributed by atoms with van der Waals surface area (Å²) >= 11 is 0. The molecule has 0 bridgehead atoms. The maximum atomic E-state index is 13.1. The highest BCUT2D eigenvalue weighted by atomic mass is 16.5. The Labute approximate surface area is 182 Å². The van der Waals surface area contributed by atoms with E-state index in [1.54, 1.807) is 18.2 Å². The summed E-state index contributed by atoms with van der Waals surface area (Å²) < 4.78 is 5.22. The van der Waals surface area contributed by atoms with Gasteiger partial charge in [0.2, 0.25) is 0 Å². The van der Waals surface area contributed by atoms with Crippen molar-refractivity contribution in [2.24, 2.45) is 0 Å². The van der Waals surface area contributed by atoms with Crippen LogP contribution in [0.15, 0.2) is 42.0 Å². The van der Waals surface area contributed by atoms with Crippen molar-refractivity contribution in [1.82, 2.24) is 9.80 Å². The van der Waals surface area contributed by atoms with Gasteiger partial charge in [0.05, 0.1) is 18.7 Å². The second-order valence-electron chi connectivity index (χ2n) is 8.05. The van der Waals surface area contributed by atoms with Gasteiger partial charge in [0.25, 0.3) is 11.7 Å². The molecule has 0 spiro atoms. The molecule has 1 aliphatic heterocycles. The molecule has 7 heteroatoms. The lowest BCUT2D eigenvalue weighted by Gasteiger charge is -2.27. The van der Waals surface area contributed by atoms with E-state index in [2.05, 4.69) is 0 Å². The molecule has 1 atom stereocenters. The summed E-state index contributed by atoms with van der Waals surface area (Å²) in [6.45, 7) is 4.58. The maximum absolute atomic E-state index is 13.1. The Morgan fingerprint density at radius 1 is 1.13 bits per heavy atom. The minimum Gasteiger partial charge on any atom is -0.507 e. The summed E-state index contributed by atoms with van der Waals surface area (Å²) in [5.41, 5.74) is 2.84. The third kappa shape index (κ3) is 4.27. The van der Waals surface area contributed by atoms with Crippen molar-refractivity contribution in [3.8, 4) is 11.5 Å². The second-order valence-corrected chi connectivity index (χ2v) is 8.05. The first-order valence-electron chi connectivity index (χ1n) is 10.0. The Morgan fingerprint density at radius 3 is 2.48 bits per heavy atom. The zero-order chi connectivity index (χ0) is 22.9. The molecule has 2 aromatic carbocycles. The molecule has 0 aliphatic carbocycles. The molecule has 0 aromatic heterocycles. The molecule has 31 heavy (non-hydrogen) atoms. The van der Waals surface area contributed by atoms with Crippen molar-refractivity contribution in [1.29, 1.82) is 0 Å². The molecular formula is C24H28N2O5. The third-order valence-electron chi connectivity index (χ3n) is 5.50. The van der Waals surface area contributed by atoms with Gasteiger partial charge >= 0.3 is 0 Å². The van der Waals surface area contributed by atoms with Crippen LogP contribution >= 0.6 is 0 Å². The number of aromatic hydroxyl groups is 1. The van der Waals surface area contributed by atoms with E-state index in [4.69, 9.17) is 4.74 Å². The number of aliphatic hydroxyl groups excluding tert-OH is 1. The first kappa shape index (κ1) is 22.4. The predicted molar refractivity (Wildman–Crippen MR) is 118 cm³/mol. The van der Waals surface area contributed by atoms with Gasteiger partial charge in [0.15, 0.2) is 11.5 Å². The van der Waals surface area contributed by atoms with Crippen LogP contribution in [0.5, 0.6) is 11.5 Å². The van der Waals surface area contributed by atoms with Gasteiger partial charge in [-0.3, -0.25) is 9.59 Å². The number of aliphatic hydroxyl groups is 1. The number of hydrogen-bond donors (Lipinski definition) is 2. The van der Waals surface area contributed by atoms with Crippen LogP contribution in [0.1, 0.15) is 28.3 Å². The van der Waals surface area contributed by atoms with E-state index in [1.807, 2.05) is 45.0 Å². The Balaban J connectivity index is 2.23. The Hall–Kier alpha value is -3.32. The number of phenols is 1. The Bertz CT molecular complexity index is 1060. The number of benzene rings is 2. The molecule has 2 aromatic rings. The maximum Gasteiger partial charge on any atom is 0.295 e. The topological polar surface area (TPSA) is 90.3 Å². The molecule has 1 heterocycles. The van der Waals surface area contributed by atoms with Crippen LogP contribution in [-0.4, -0.2) is 66.0 Å². The van der Waals surface area contributed by atoms with E-state index in [0.29, 0.717) is 24.2 Å². The quantitative estimate of drug-likeness (QED) is 0.421. The lowest BCUT2D eigenvalue weighted by molar-refractivity contribution is -0.140. The molecule has 3 rings (SSSR count).